The van der Waals surface area contributed by atoms with Crippen LogP contribution in [0, 0.1) is 0 Å². The molecular weight excluding hydrogens is 189 g/mol. The second-order valence-electron chi connectivity index (χ2n) is 2.02. The van der Waals surface area contributed by atoms with Crippen LogP contribution in [0.3, 0.4) is 0 Å². The highest BCUT2D eigenvalue weighted by Crippen LogP contribution is 2.01. The topological polar surface area (TPSA) is 38.3 Å². The molecule has 0 fully saturated rings. The van der Waals surface area contributed by atoms with Crippen LogP contribution < -0.4 is 4.84 Å². The van der Waals surface area contributed by atoms with Gasteiger partial charge in [-0.2, -0.15) is 0 Å². The molecule has 5 heteroatoms. The highest BCUT2D eigenvalue weighted by atomic mass is 35.5. The molecule has 0 unspecified atom stereocenters. The third kappa shape index (κ3) is 4.45. The number of alkyl halides is 1. The van der Waals surface area contributed by atoms with Gasteiger partial charge in [-0.25, -0.2) is 4.84 Å². The molecule has 0 aliphatic rings. The minimum absolute atomic E-state index is 0.356. The lowest BCUT2D eigenvalue weighted by atomic mass is 10.2. The van der Waals surface area contributed by atoms with Gasteiger partial charge < -0.3 is 4.74 Å². The highest BCUT2D eigenvalue weighted by Gasteiger charge is 2.16. The molecule has 0 spiro atoms. The van der Waals surface area contributed by atoms with E-state index in [1.807, 2.05) is 0 Å². The molecule has 0 aromatic rings. The average Bonchev–Trinajstić information content (AvgIpc) is 2.05. The molecule has 0 amide bonds. The first kappa shape index (κ1) is 11.0. The second kappa shape index (κ2) is 6.70. The fraction of sp³-hybridized carbons (Fsp3) is 0.833. The van der Waals surface area contributed by atoms with Gasteiger partial charge >= 0.3 is 5.97 Å². The van der Waals surface area contributed by atoms with Crippen LogP contribution in [0.4, 0.5) is 0 Å². The van der Waals surface area contributed by atoms with E-state index < -0.39 is 6.04 Å². The van der Waals surface area contributed by atoms with Gasteiger partial charge in [0, 0.05) is 5.88 Å². The number of nitrogens with one attached hydrogen (secondary N) is 1. The number of rotatable bonds is 5. The molecular formula is C6H11Cl2NO2. The molecule has 1 N–H and O–H groups in total. The Balaban J connectivity index is 3.65. The molecule has 0 bridgehead atoms. The lowest BCUT2D eigenvalue weighted by molar-refractivity contribution is -0.142. The first-order chi connectivity index (χ1) is 5.26. The summed E-state index contributed by atoms with van der Waals surface area (Å²) in [6.45, 7) is 0. The van der Waals surface area contributed by atoms with Crippen molar-refractivity contribution in [1.82, 2.24) is 4.84 Å². The zero-order chi connectivity index (χ0) is 8.69. The van der Waals surface area contributed by atoms with Crippen LogP contribution >= 0.6 is 23.4 Å². The molecule has 3 nitrogen and oxygen atoms in total. The number of hydrogen-bond acceptors (Lipinski definition) is 3. The average molecular weight is 200 g/mol. The lowest BCUT2D eigenvalue weighted by Crippen LogP contribution is -2.31. The van der Waals surface area contributed by atoms with Crippen LogP contribution in [0.15, 0.2) is 0 Å². The fourth-order valence-electron chi connectivity index (χ4n) is 0.640. The maximum Gasteiger partial charge on any atom is 0.324 e. The third-order valence-electron chi connectivity index (χ3n) is 1.24. The van der Waals surface area contributed by atoms with E-state index in [2.05, 4.69) is 9.57 Å². The normalized spacial score (nSPS) is 12.6. The smallest absolute Gasteiger partial charge is 0.324 e. The van der Waals surface area contributed by atoms with Gasteiger partial charge in [0.1, 0.15) is 6.04 Å². The molecule has 0 saturated heterocycles. The van der Waals surface area contributed by atoms with E-state index in [-0.39, 0.29) is 5.97 Å². The van der Waals surface area contributed by atoms with Crippen LogP contribution in [0.5, 0.6) is 0 Å². The predicted octanol–water partition coefficient (Wildman–Crippen LogP) is 1.29. The summed E-state index contributed by atoms with van der Waals surface area (Å²) in [5.74, 6) is 0.164. The van der Waals surface area contributed by atoms with Crippen molar-refractivity contribution >= 4 is 29.3 Å². The van der Waals surface area contributed by atoms with Gasteiger partial charge in [-0.05, 0) is 24.6 Å². The van der Waals surface area contributed by atoms with Crippen molar-refractivity contribution in [2.24, 2.45) is 0 Å². The standard InChI is InChI=1S/C6H11Cl2NO2/c1-11-6(10)5(9-8)3-2-4-7/h5,9H,2-4H2,1H3/t5-/m0/s1. The van der Waals surface area contributed by atoms with Crippen molar-refractivity contribution < 1.29 is 9.53 Å². The van der Waals surface area contributed by atoms with E-state index in [1.165, 1.54) is 7.11 Å². The summed E-state index contributed by atoms with van der Waals surface area (Å²) < 4.78 is 4.47. The number of carbonyl (C=O) groups excluding carboxylic acids is 1. The number of halogens is 2. The molecule has 0 aromatic carbocycles. The summed E-state index contributed by atoms with van der Waals surface area (Å²) in [5, 5.41) is 0. The number of esters is 1. The number of carbonyl (C=O) groups is 1. The van der Waals surface area contributed by atoms with Crippen LogP contribution in [-0.4, -0.2) is 25.0 Å². The van der Waals surface area contributed by atoms with Gasteiger partial charge in [0.2, 0.25) is 0 Å². The molecule has 0 radical (unpaired) electrons. The van der Waals surface area contributed by atoms with E-state index in [0.29, 0.717) is 12.3 Å². The van der Waals surface area contributed by atoms with Crippen LogP contribution in [0.1, 0.15) is 12.8 Å². The van der Waals surface area contributed by atoms with Crippen molar-refractivity contribution in [3.8, 4) is 0 Å². The molecule has 66 valence electrons. The fourth-order valence-corrected chi connectivity index (χ4v) is 0.993. The monoisotopic (exact) mass is 199 g/mol. The molecule has 0 saturated carbocycles. The molecule has 0 aliphatic heterocycles. The van der Waals surface area contributed by atoms with Gasteiger partial charge in [0.25, 0.3) is 0 Å². The maximum atomic E-state index is 10.8. The van der Waals surface area contributed by atoms with E-state index in [9.17, 15) is 4.79 Å². The predicted molar refractivity (Wildman–Crippen MR) is 44.7 cm³/mol. The Morgan fingerprint density at radius 1 is 1.73 bits per heavy atom. The van der Waals surface area contributed by atoms with Crippen LogP contribution in [-0.2, 0) is 9.53 Å². The molecule has 0 rings (SSSR count). The van der Waals surface area contributed by atoms with E-state index in [1.54, 1.807) is 0 Å². The van der Waals surface area contributed by atoms with Crippen LogP contribution in [0.25, 0.3) is 0 Å². The van der Waals surface area contributed by atoms with E-state index in [4.69, 9.17) is 23.4 Å². The summed E-state index contributed by atoms with van der Waals surface area (Å²) in [6.07, 6.45) is 1.33. The van der Waals surface area contributed by atoms with E-state index >= 15 is 0 Å². The SMILES string of the molecule is COC(=O)[C@H](CCCCl)NCl. The summed E-state index contributed by atoms with van der Waals surface area (Å²) >= 11 is 10.7. The Morgan fingerprint density at radius 3 is 2.73 bits per heavy atom. The number of hydrogen-bond donors (Lipinski definition) is 1. The highest BCUT2D eigenvalue weighted by molar-refractivity contribution is 6.17. The Hall–Kier alpha value is 0.01000. The Labute approximate surface area is 76.1 Å². The second-order valence-corrected chi connectivity index (χ2v) is 2.61. The third-order valence-corrected chi connectivity index (χ3v) is 1.77. The Kier molecular flexibility index (Phi) is 6.71. The quantitative estimate of drug-likeness (QED) is 0.412. The zero-order valence-electron chi connectivity index (χ0n) is 6.27. The summed E-state index contributed by atoms with van der Waals surface area (Å²) in [5.41, 5.74) is 0. The molecule has 0 heterocycles. The summed E-state index contributed by atoms with van der Waals surface area (Å²) in [4.78, 5) is 13.2. The molecule has 0 aliphatic carbocycles. The largest absolute Gasteiger partial charge is 0.468 e. The van der Waals surface area contributed by atoms with E-state index in [0.717, 1.165) is 6.42 Å². The summed E-state index contributed by atoms with van der Waals surface area (Å²) in [6, 6.07) is -0.444. The van der Waals surface area contributed by atoms with Gasteiger partial charge in [-0.15, -0.1) is 11.6 Å². The molecule has 1 atom stereocenters. The zero-order valence-corrected chi connectivity index (χ0v) is 7.78. The van der Waals surface area contributed by atoms with Gasteiger partial charge in [-0.1, -0.05) is 0 Å². The maximum absolute atomic E-state index is 10.8. The van der Waals surface area contributed by atoms with Crippen LogP contribution in [0.2, 0.25) is 0 Å². The van der Waals surface area contributed by atoms with Gasteiger partial charge in [0.05, 0.1) is 7.11 Å². The van der Waals surface area contributed by atoms with Crippen molar-refractivity contribution in [1.29, 1.82) is 0 Å². The van der Waals surface area contributed by atoms with Gasteiger partial charge in [0.15, 0.2) is 0 Å². The minimum atomic E-state index is -0.444. The Bertz CT molecular complexity index is 121. The van der Waals surface area contributed by atoms with Gasteiger partial charge in [-0.3, -0.25) is 4.79 Å². The lowest BCUT2D eigenvalue weighted by Gasteiger charge is -2.10. The molecule has 0 aromatic heterocycles. The summed E-state index contributed by atoms with van der Waals surface area (Å²) in [7, 11) is 1.32. The minimum Gasteiger partial charge on any atom is -0.468 e. The number of methoxy groups -OCH3 is 1. The van der Waals surface area contributed by atoms with Crippen molar-refractivity contribution in [2.75, 3.05) is 13.0 Å². The van der Waals surface area contributed by atoms with Crippen molar-refractivity contribution in [2.45, 2.75) is 18.9 Å². The first-order valence-electron chi connectivity index (χ1n) is 3.26. The Morgan fingerprint density at radius 2 is 2.36 bits per heavy atom. The first-order valence-corrected chi connectivity index (χ1v) is 4.17. The van der Waals surface area contributed by atoms with Crippen molar-refractivity contribution in [3.63, 3.8) is 0 Å². The number of ether oxygens (including phenoxy) is 1. The molecule has 11 heavy (non-hydrogen) atoms. The van der Waals surface area contributed by atoms with Crippen molar-refractivity contribution in [3.05, 3.63) is 0 Å².